The molecule has 1 aromatic carbocycles. The van der Waals surface area contributed by atoms with Crippen molar-refractivity contribution in [1.29, 1.82) is 0 Å². The molecule has 0 saturated carbocycles. The molecule has 2 aliphatic heterocycles. The fourth-order valence-corrected chi connectivity index (χ4v) is 4.68. The highest BCUT2D eigenvalue weighted by atomic mass is 35.5. The molecule has 2 unspecified atom stereocenters. The van der Waals surface area contributed by atoms with Gasteiger partial charge in [0.05, 0.1) is 17.4 Å². The molecule has 0 bridgehead atoms. The average Bonchev–Trinajstić information content (AvgIpc) is 3.03. The Morgan fingerprint density at radius 1 is 1.18 bits per heavy atom. The maximum absolute atomic E-state index is 12.5. The zero-order valence-electron chi connectivity index (χ0n) is 15.4. The Bertz CT molecular complexity index is 873. The van der Waals surface area contributed by atoms with E-state index >= 15 is 0 Å². The second-order valence-corrected chi connectivity index (χ2v) is 9.83. The standard InChI is InChI=1S/C18H22ClN3O5S/c1-12(18(25)21-6-8-28(26,27)9-7-21)20-17(24)13-10-16(23)22(11-13)15-4-2-14(19)3-5-15/h2-5,12-13H,6-11H2,1H3,(H,20,24). The van der Waals surface area contributed by atoms with Crippen molar-refractivity contribution in [3.63, 3.8) is 0 Å². The Hall–Kier alpha value is -2.13. The Morgan fingerprint density at radius 2 is 1.79 bits per heavy atom. The lowest BCUT2D eigenvalue weighted by molar-refractivity contribution is -0.136. The van der Waals surface area contributed by atoms with Crippen LogP contribution in [0.2, 0.25) is 5.02 Å². The first-order valence-electron chi connectivity index (χ1n) is 9.02. The molecule has 2 aliphatic rings. The zero-order valence-corrected chi connectivity index (χ0v) is 17.0. The van der Waals surface area contributed by atoms with Gasteiger partial charge in [0.1, 0.15) is 6.04 Å². The number of anilines is 1. The van der Waals surface area contributed by atoms with Gasteiger partial charge in [-0.3, -0.25) is 14.4 Å². The molecule has 0 radical (unpaired) electrons. The number of carbonyl (C=O) groups excluding carboxylic acids is 3. The quantitative estimate of drug-likeness (QED) is 0.751. The van der Waals surface area contributed by atoms with Crippen molar-refractivity contribution in [2.75, 3.05) is 36.0 Å². The third kappa shape index (κ3) is 4.64. The van der Waals surface area contributed by atoms with E-state index in [1.165, 1.54) is 9.80 Å². The van der Waals surface area contributed by atoms with Crippen molar-refractivity contribution >= 4 is 44.8 Å². The summed E-state index contributed by atoms with van der Waals surface area (Å²) in [5.41, 5.74) is 0.670. The molecule has 2 saturated heterocycles. The SMILES string of the molecule is CC(NC(=O)C1CC(=O)N(c2ccc(Cl)cc2)C1)C(=O)N1CCS(=O)(=O)CC1. The van der Waals surface area contributed by atoms with E-state index in [-0.39, 0.29) is 55.3 Å². The predicted octanol–water partition coefficient (Wildman–Crippen LogP) is 0.455. The van der Waals surface area contributed by atoms with Crippen LogP contribution in [0.1, 0.15) is 13.3 Å². The first-order valence-corrected chi connectivity index (χ1v) is 11.2. The van der Waals surface area contributed by atoms with Crippen molar-refractivity contribution in [2.24, 2.45) is 5.92 Å². The van der Waals surface area contributed by atoms with Crippen molar-refractivity contribution < 1.29 is 22.8 Å². The molecular weight excluding hydrogens is 406 g/mol. The van der Waals surface area contributed by atoms with E-state index < -0.39 is 21.8 Å². The van der Waals surface area contributed by atoms with Gasteiger partial charge in [0.25, 0.3) is 0 Å². The van der Waals surface area contributed by atoms with Crippen LogP contribution < -0.4 is 10.2 Å². The van der Waals surface area contributed by atoms with E-state index in [9.17, 15) is 22.8 Å². The second-order valence-electron chi connectivity index (χ2n) is 7.09. The van der Waals surface area contributed by atoms with Gasteiger partial charge in [-0.25, -0.2) is 8.42 Å². The molecule has 0 spiro atoms. The van der Waals surface area contributed by atoms with Crippen LogP contribution >= 0.6 is 11.6 Å². The molecule has 28 heavy (non-hydrogen) atoms. The highest BCUT2D eigenvalue weighted by Gasteiger charge is 2.36. The summed E-state index contributed by atoms with van der Waals surface area (Å²) in [4.78, 5) is 40.3. The minimum atomic E-state index is -3.08. The van der Waals surface area contributed by atoms with Crippen molar-refractivity contribution in [3.8, 4) is 0 Å². The van der Waals surface area contributed by atoms with Crippen LogP contribution in [-0.2, 0) is 24.2 Å². The molecule has 1 aromatic rings. The van der Waals surface area contributed by atoms with Crippen LogP contribution in [0.3, 0.4) is 0 Å². The Kier molecular flexibility index (Phi) is 5.95. The maximum Gasteiger partial charge on any atom is 0.244 e. The fourth-order valence-electron chi connectivity index (χ4n) is 3.35. The highest BCUT2D eigenvalue weighted by Crippen LogP contribution is 2.26. The van der Waals surface area contributed by atoms with E-state index in [0.29, 0.717) is 10.7 Å². The second kappa shape index (κ2) is 8.08. The van der Waals surface area contributed by atoms with Crippen LogP contribution in [-0.4, -0.2) is 68.2 Å². The van der Waals surface area contributed by atoms with Gasteiger partial charge < -0.3 is 15.1 Å². The summed E-state index contributed by atoms with van der Waals surface area (Å²) in [6.45, 7) is 2.06. The molecule has 2 heterocycles. The van der Waals surface area contributed by atoms with Gasteiger partial charge in [0.2, 0.25) is 17.7 Å². The van der Waals surface area contributed by atoms with Crippen LogP contribution in [0.25, 0.3) is 0 Å². The Labute approximate surface area is 168 Å². The topological polar surface area (TPSA) is 104 Å². The molecule has 152 valence electrons. The van der Waals surface area contributed by atoms with Crippen molar-refractivity contribution in [1.82, 2.24) is 10.2 Å². The lowest BCUT2D eigenvalue weighted by Gasteiger charge is -2.29. The number of rotatable bonds is 4. The number of nitrogens with one attached hydrogen (secondary N) is 1. The predicted molar refractivity (Wildman–Crippen MR) is 105 cm³/mol. The summed E-state index contributed by atoms with van der Waals surface area (Å²) < 4.78 is 23.0. The molecule has 10 heteroatoms. The van der Waals surface area contributed by atoms with Gasteiger partial charge in [0.15, 0.2) is 9.84 Å². The van der Waals surface area contributed by atoms with E-state index in [1.54, 1.807) is 31.2 Å². The number of halogens is 1. The molecule has 2 atom stereocenters. The summed E-state index contributed by atoms with van der Waals surface area (Å²) in [5.74, 6) is -1.53. The number of benzene rings is 1. The maximum atomic E-state index is 12.5. The summed E-state index contributed by atoms with van der Waals surface area (Å²) in [5, 5.41) is 3.22. The van der Waals surface area contributed by atoms with E-state index in [4.69, 9.17) is 11.6 Å². The van der Waals surface area contributed by atoms with Crippen molar-refractivity contribution in [3.05, 3.63) is 29.3 Å². The van der Waals surface area contributed by atoms with Gasteiger partial charge in [0, 0.05) is 36.8 Å². The number of hydrogen-bond acceptors (Lipinski definition) is 5. The molecule has 8 nitrogen and oxygen atoms in total. The monoisotopic (exact) mass is 427 g/mol. The molecule has 0 aliphatic carbocycles. The van der Waals surface area contributed by atoms with E-state index in [1.807, 2.05) is 0 Å². The lowest BCUT2D eigenvalue weighted by atomic mass is 10.1. The molecule has 0 aromatic heterocycles. The van der Waals surface area contributed by atoms with Gasteiger partial charge in [-0.15, -0.1) is 0 Å². The van der Waals surface area contributed by atoms with Gasteiger partial charge in [-0.1, -0.05) is 11.6 Å². The molecular formula is C18H22ClN3O5S. The Balaban J connectivity index is 1.56. The molecule has 1 N–H and O–H groups in total. The number of hydrogen-bond donors (Lipinski definition) is 1. The van der Waals surface area contributed by atoms with E-state index in [0.717, 1.165) is 0 Å². The van der Waals surface area contributed by atoms with Crippen LogP contribution in [0, 0.1) is 5.92 Å². The fraction of sp³-hybridized carbons (Fsp3) is 0.500. The normalized spacial score (nSPS) is 22.8. The number of amides is 3. The first-order chi connectivity index (χ1) is 13.2. The minimum absolute atomic E-state index is 0.0629. The third-order valence-electron chi connectivity index (χ3n) is 5.02. The number of nitrogens with zero attached hydrogens (tertiary/aromatic N) is 2. The number of carbonyl (C=O) groups is 3. The number of sulfone groups is 1. The van der Waals surface area contributed by atoms with Gasteiger partial charge in [-0.05, 0) is 31.2 Å². The van der Waals surface area contributed by atoms with Crippen molar-refractivity contribution in [2.45, 2.75) is 19.4 Å². The highest BCUT2D eigenvalue weighted by molar-refractivity contribution is 7.91. The van der Waals surface area contributed by atoms with Gasteiger partial charge >= 0.3 is 0 Å². The van der Waals surface area contributed by atoms with Crippen LogP contribution in [0.4, 0.5) is 5.69 Å². The summed E-state index contributed by atoms with van der Waals surface area (Å²) in [6.07, 6.45) is 0.0668. The zero-order chi connectivity index (χ0) is 20.5. The summed E-state index contributed by atoms with van der Waals surface area (Å²) >= 11 is 5.86. The minimum Gasteiger partial charge on any atom is -0.344 e. The summed E-state index contributed by atoms with van der Waals surface area (Å²) in [7, 11) is -3.08. The molecule has 3 amide bonds. The summed E-state index contributed by atoms with van der Waals surface area (Å²) in [6, 6.07) is 6.01. The lowest BCUT2D eigenvalue weighted by Crippen LogP contribution is -2.52. The molecule has 2 fully saturated rings. The largest absolute Gasteiger partial charge is 0.344 e. The Morgan fingerprint density at radius 3 is 2.39 bits per heavy atom. The molecule has 3 rings (SSSR count). The average molecular weight is 428 g/mol. The third-order valence-corrected chi connectivity index (χ3v) is 6.88. The first kappa shape index (κ1) is 20.6. The smallest absolute Gasteiger partial charge is 0.244 e. The van der Waals surface area contributed by atoms with Crippen LogP contribution in [0.15, 0.2) is 24.3 Å². The van der Waals surface area contributed by atoms with E-state index in [2.05, 4.69) is 5.32 Å². The van der Waals surface area contributed by atoms with Gasteiger partial charge in [-0.2, -0.15) is 0 Å². The van der Waals surface area contributed by atoms with Crippen LogP contribution in [0.5, 0.6) is 0 Å².